The van der Waals surface area contributed by atoms with Gasteiger partial charge in [0.1, 0.15) is 0 Å². The zero-order chi connectivity index (χ0) is 16.4. The first-order valence-corrected chi connectivity index (χ1v) is 7.45. The second-order valence-corrected chi connectivity index (χ2v) is 5.18. The van der Waals surface area contributed by atoms with Crippen LogP contribution in [0.2, 0.25) is 0 Å². The molecule has 0 aliphatic carbocycles. The minimum atomic E-state index is -0.255. The summed E-state index contributed by atoms with van der Waals surface area (Å²) in [6.45, 7) is 0. The van der Waals surface area contributed by atoms with Crippen LogP contribution in [0.5, 0.6) is 0 Å². The average Bonchev–Trinajstić information content (AvgIpc) is 3.04. The third-order valence-electron chi connectivity index (χ3n) is 3.54. The Kier molecular flexibility index (Phi) is 3.47. The van der Waals surface area contributed by atoms with E-state index in [0.717, 1.165) is 11.3 Å². The lowest BCUT2D eigenvalue weighted by Crippen LogP contribution is -2.12. The molecule has 2 aromatic heterocycles. The van der Waals surface area contributed by atoms with E-state index in [1.165, 1.54) is 4.52 Å². The highest BCUT2D eigenvalue weighted by Crippen LogP contribution is 2.17. The number of carbonyl (C=O) groups is 1. The van der Waals surface area contributed by atoms with Gasteiger partial charge >= 0.3 is 0 Å². The molecule has 4 rings (SSSR count). The summed E-state index contributed by atoms with van der Waals surface area (Å²) in [6, 6.07) is 20.6. The van der Waals surface area contributed by atoms with E-state index in [1.807, 2.05) is 42.5 Å². The number of fused-ring (bicyclic) bond motifs is 1. The van der Waals surface area contributed by atoms with E-state index in [0.29, 0.717) is 11.3 Å². The van der Waals surface area contributed by atoms with Crippen LogP contribution in [0.25, 0.3) is 17.0 Å². The number of nitrogens with one attached hydrogen (secondary N) is 1. The van der Waals surface area contributed by atoms with Gasteiger partial charge in [-0.3, -0.25) is 10.1 Å². The Labute approximate surface area is 137 Å². The zero-order valence-corrected chi connectivity index (χ0v) is 12.6. The van der Waals surface area contributed by atoms with Crippen molar-refractivity contribution < 1.29 is 4.79 Å². The van der Waals surface area contributed by atoms with Gasteiger partial charge in [0.25, 0.3) is 17.6 Å². The fraction of sp³-hybridized carbons (Fsp3) is 0. The summed E-state index contributed by atoms with van der Waals surface area (Å²) in [5.74, 6) is 0.399. The smallest absolute Gasteiger partial charge is 0.258 e. The van der Waals surface area contributed by atoms with Gasteiger partial charge in [-0.25, -0.2) is 9.50 Å². The fourth-order valence-corrected chi connectivity index (χ4v) is 2.36. The summed E-state index contributed by atoms with van der Waals surface area (Å²) < 4.78 is 1.53. The van der Waals surface area contributed by atoms with Crippen LogP contribution in [-0.4, -0.2) is 25.5 Å². The molecule has 1 N–H and O–H groups in total. The predicted octanol–water partition coefficient (Wildman–Crippen LogP) is 3.04. The monoisotopic (exact) mass is 315 g/mol. The van der Waals surface area contributed by atoms with Gasteiger partial charge in [-0.1, -0.05) is 48.5 Å². The van der Waals surface area contributed by atoms with E-state index in [9.17, 15) is 4.79 Å². The van der Waals surface area contributed by atoms with Crippen LogP contribution in [0.1, 0.15) is 10.4 Å². The molecule has 0 unspecified atom stereocenters. The summed E-state index contributed by atoms with van der Waals surface area (Å²) in [6.07, 6.45) is 1.77. The van der Waals surface area contributed by atoms with E-state index in [-0.39, 0.29) is 11.9 Å². The molecule has 1 amide bonds. The fourth-order valence-electron chi connectivity index (χ4n) is 2.36. The molecule has 0 saturated carbocycles. The number of anilines is 1. The van der Waals surface area contributed by atoms with Crippen molar-refractivity contribution in [3.63, 3.8) is 0 Å². The molecular weight excluding hydrogens is 302 g/mol. The SMILES string of the molecule is O=C(Nc1nc2nc(-c3ccccc3)ccn2n1)c1ccccc1. The van der Waals surface area contributed by atoms with Gasteiger partial charge in [0.15, 0.2) is 0 Å². The number of amides is 1. The first-order chi connectivity index (χ1) is 11.8. The zero-order valence-electron chi connectivity index (χ0n) is 12.6. The lowest BCUT2D eigenvalue weighted by Gasteiger charge is -1.99. The number of benzene rings is 2. The number of hydrogen-bond acceptors (Lipinski definition) is 4. The maximum absolute atomic E-state index is 12.2. The molecule has 0 aliphatic rings. The summed E-state index contributed by atoms with van der Waals surface area (Å²) >= 11 is 0. The molecule has 0 aliphatic heterocycles. The number of nitrogens with zero attached hydrogens (tertiary/aromatic N) is 4. The van der Waals surface area contributed by atoms with Crippen molar-refractivity contribution in [1.82, 2.24) is 19.6 Å². The molecule has 0 spiro atoms. The highest BCUT2D eigenvalue weighted by atomic mass is 16.1. The Morgan fingerprint density at radius 1 is 0.875 bits per heavy atom. The normalized spacial score (nSPS) is 10.7. The van der Waals surface area contributed by atoms with E-state index in [4.69, 9.17) is 0 Å². The van der Waals surface area contributed by atoms with Gasteiger partial charge in [-0.15, -0.1) is 5.10 Å². The van der Waals surface area contributed by atoms with E-state index in [2.05, 4.69) is 20.4 Å². The number of aromatic nitrogens is 4. The van der Waals surface area contributed by atoms with Crippen molar-refractivity contribution in [2.24, 2.45) is 0 Å². The molecular formula is C18H13N5O. The quantitative estimate of drug-likeness (QED) is 0.631. The number of hydrogen-bond donors (Lipinski definition) is 1. The van der Waals surface area contributed by atoms with Crippen molar-refractivity contribution in [2.45, 2.75) is 0 Å². The lowest BCUT2D eigenvalue weighted by atomic mass is 10.1. The second kappa shape index (κ2) is 5.92. The molecule has 116 valence electrons. The number of rotatable bonds is 3. The molecule has 0 bridgehead atoms. The Bertz CT molecular complexity index is 996. The van der Waals surface area contributed by atoms with Gasteiger partial charge in [0.05, 0.1) is 5.69 Å². The minimum absolute atomic E-state index is 0.224. The Hall–Kier alpha value is -3.54. The molecule has 0 atom stereocenters. The summed E-state index contributed by atoms with van der Waals surface area (Å²) in [5, 5.41) is 6.91. The van der Waals surface area contributed by atoms with E-state index in [1.54, 1.807) is 30.5 Å². The Morgan fingerprint density at radius 3 is 2.33 bits per heavy atom. The van der Waals surface area contributed by atoms with Crippen molar-refractivity contribution in [3.8, 4) is 11.3 Å². The maximum Gasteiger partial charge on any atom is 0.258 e. The van der Waals surface area contributed by atoms with Gasteiger partial charge in [0.2, 0.25) is 0 Å². The molecule has 0 saturated heterocycles. The van der Waals surface area contributed by atoms with Crippen molar-refractivity contribution in [3.05, 3.63) is 78.5 Å². The Balaban J connectivity index is 1.63. The van der Waals surface area contributed by atoms with Crippen LogP contribution in [0.4, 0.5) is 5.95 Å². The van der Waals surface area contributed by atoms with Crippen molar-refractivity contribution in [2.75, 3.05) is 5.32 Å². The van der Waals surface area contributed by atoms with Crippen LogP contribution >= 0.6 is 0 Å². The van der Waals surface area contributed by atoms with Gasteiger partial charge in [0, 0.05) is 17.3 Å². The third-order valence-corrected chi connectivity index (χ3v) is 3.54. The molecule has 2 aromatic carbocycles. The molecule has 2 heterocycles. The molecule has 6 nitrogen and oxygen atoms in total. The first kappa shape index (κ1) is 14.1. The van der Waals surface area contributed by atoms with Crippen LogP contribution in [0.15, 0.2) is 72.9 Å². The predicted molar refractivity (Wildman–Crippen MR) is 90.6 cm³/mol. The molecule has 24 heavy (non-hydrogen) atoms. The summed E-state index contributed by atoms with van der Waals surface area (Å²) in [7, 11) is 0. The standard InChI is InChI=1S/C18H13N5O/c24-16(14-9-5-2-6-10-14)20-17-21-18-19-15(11-12-23(18)22-17)13-7-3-1-4-8-13/h1-12H,(H,20,22,24). The van der Waals surface area contributed by atoms with Crippen molar-refractivity contribution >= 4 is 17.6 Å². The second-order valence-electron chi connectivity index (χ2n) is 5.18. The maximum atomic E-state index is 12.2. The van der Waals surface area contributed by atoms with E-state index < -0.39 is 0 Å². The first-order valence-electron chi connectivity index (χ1n) is 7.45. The van der Waals surface area contributed by atoms with Gasteiger partial charge in [-0.2, -0.15) is 4.98 Å². The van der Waals surface area contributed by atoms with Crippen LogP contribution < -0.4 is 5.32 Å². The minimum Gasteiger partial charge on any atom is -0.289 e. The topological polar surface area (TPSA) is 72.2 Å². The summed E-state index contributed by atoms with van der Waals surface area (Å²) in [5.41, 5.74) is 2.35. The van der Waals surface area contributed by atoms with Crippen LogP contribution in [-0.2, 0) is 0 Å². The molecule has 0 fully saturated rings. The van der Waals surface area contributed by atoms with Gasteiger partial charge in [-0.05, 0) is 18.2 Å². The van der Waals surface area contributed by atoms with Crippen molar-refractivity contribution in [1.29, 1.82) is 0 Å². The van der Waals surface area contributed by atoms with Gasteiger partial charge < -0.3 is 0 Å². The van der Waals surface area contributed by atoms with Crippen LogP contribution in [0.3, 0.4) is 0 Å². The average molecular weight is 315 g/mol. The third kappa shape index (κ3) is 2.72. The molecule has 4 aromatic rings. The Morgan fingerprint density at radius 2 is 1.58 bits per heavy atom. The number of carbonyl (C=O) groups excluding carboxylic acids is 1. The largest absolute Gasteiger partial charge is 0.289 e. The lowest BCUT2D eigenvalue weighted by molar-refractivity contribution is 0.102. The molecule has 0 radical (unpaired) electrons. The molecule has 6 heteroatoms. The van der Waals surface area contributed by atoms with Crippen LogP contribution in [0, 0.1) is 0 Å². The van der Waals surface area contributed by atoms with E-state index >= 15 is 0 Å². The highest BCUT2D eigenvalue weighted by molar-refractivity contribution is 6.03. The highest BCUT2D eigenvalue weighted by Gasteiger charge is 2.11. The summed E-state index contributed by atoms with van der Waals surface area (Å²) in [4.78, 5) is 20.9.